The molecule has 0 radical (unpaired) electrons. The van der Waals surface area contributed by atoms with Crippen LogP contribution in [-0.4, -0.2) is 54.8 Å². The molecule has 2 aliphatic rings. The average molecular weight is 404 g/mol. The summed E-state index contributed by atoms with van der Waals surface area (Å²) in [6.07, 6.45) is 0. The molecule has 2 aromatic carbocycles. The largest absolute Gasteiger partial charge is 0.364 e. The Bertz CT molecular complexity index is 1060. The van der Waals surface area contributed by atoms with Crippen LogP contribution in [0.3, 0.4) is 0 Å². The number of piperazine rings is 1. The maximum absolute atomic E-state index is 13.7. The summed E-state index contributed by atoms with van der Waals surface area (Å²) in [5.74, 6) is -0.450. The van der Waals surface area contributed by atoms with E-state index in [0.29, 0.717) is 17.0 Å². The van der Waals surface area contributed by atoms with Crippen LogP contribution in [0.1, 0.15) is 27.8 Å². The normalized spacial score (nSPS) is 18.0. The molecule has 1 fully saturated rings. The van der Waals surface area contributed by atoms with Crippen molar-refractivity contribution in [1.82, 2.24) is 9.80 Å². The molecule has 1 saturated heterocycles. The lowest BCUT2D eigenvalue weighted by Gasteiger charge is -2.34. The highest BCUT2D eigenvalue weighted by Gasteiger charge is 2.43. The van der Waals surface area contributed by atoms with Gasteiger partial charge in [-0.25, -0.2) is 4.90 Å². The molecule has 2 amide bonds. The van der Waals surface area contributed by atoms with E-state index in [2.05, 4.69) is 23.8 Å². The van der Waals surface area contributed by atoms with Crippen molar-refractivity contribution in [3.8, 4) is 0 Å². The number of imide groups is 1. The average Bonchev–Trinajstić information content (AvgIpc) is 2.95. The van der Waals surface area contributed by atoms with Gasteiger partial charge >= 0.3 is 0 Å². The number of hydrogen-bond acceptors (Lipinski definition) is 4. The molecule has 0 atom stereocenters. The van der Waals surface area contributed by atoms with Gasteiger partial charge in [-0.05, 0) is 63.1 Å². The molecule has 0 aromatic heterocycles. The summed E-state index contributed by atoms with van der Waals surface area (Å²) in [7, 11) is 2.08. The number of hydrogen-bond donors (Lipinski definition) is 0. The number of anilines is 1. The van der Waals surface area contributed by atoms with Crippen LogP contribution in [0.2, 0.25) is 0 Å². The lowest BCUT2D eigenvalue weighted by Crippen LogP contribution is -2.46. The molecule has 0 unspecified atom stereocenters. The zero-order valence-corrected chi connectivity index (χ0v) is 18.5. The standard InChI is InChI=1S/C25H29N3O2/c1-16-6-9-21(19(4)14-16)28-24(29)22(20-8-7-17(2)18(3)15-20)23(25(28)30)27-12-10-26(5)11-13-27/h6-9,14-15H,10-13H2,1-5H3. The summed E-state index contributed by atoms with van der Waals surface area (Å²) in [5, 5.41) is 0. The Morgan fingerprint density at radius 2 is 1.43 bits per heavy atom. The zero-order chi connectivity index (χ0) is 21.6. The van der Waals surface area contributed by atoms with Crippen LogP contribution >= 0.6 is 0 Å². The monoisotopic (exact) mass is 403 g/mol. The van der Waals surface area contributed by atoms with Crippen molar-refractivity contribution in [2.75, 3.05) is 38.1 Å². The maximum Gasteiger partial charge on any atom is 0.282 e. The van der Waals surface area contributed by atoms with Gasteiger partial charge in [0, 0.05) is 26.2 Å². The van der Waals surface area contributed by atoms with E-state index >= 15 is 0 Å². The first-order chi connectivity index (χ1) is 14.3. The second-order valence-electron chi connectivity index (χ2n) is 8.55. The smallest absolute Gasteiger partial charge is 0.282 e. The van der Waals surface area contributed by atoms with Gasteiger partial charge in [0.2, 0.25) is 0 Å². The summed E-state index contributed by atoms with van der Waals surface area (Å²) in [6, 6.07) is 11.9. The first-order valence-corrected chi connectivity index (χ1v) is 10.5. The minimum absolute atomic E-state index is 0.218. The molecule has 0 bridgehead atoms. The van der Waals surface area contributed by atoms with Gasteiger partial charge in [0.15, 0.2) is 0 Å². The Morgan fingerprint density at radius 1 is 0.733 bits per heavy atom. The third-order valence-corrected chi connectivity index (χ3v) is 6.27. The van der Waals surface area contributed by atoms with Crippen LogP contribution in [-0.2, 0) is 9.59 Å². The van der Waals surface area contributed by atoms with Gasteiger partial charge in [-0.15, -0.1) is 0 Å². The SMILES string of the molecule is Cc1ccc(N2C(=O)C(c3ccc(C)c(C)c3)=C(N3CCN(C)CC3)C2=O)c(C)c1. The summed E-state index contributed by atoms with van der Waals surface area (Å²) >= 11 is 0. The van der Waals surface area contributed by atoms with Crippen LogP contribution in [0.5, 0.6) is 0 Å². The maximum atomic E-state index is 13.7. The fourth-order valence-electron chi connectivity index (χ4n) is 4.27. The van der Waals surface area contributed by atoms with Crippen molar-refractivity contribution in [2.24, 2.45) is 0 Å². The van der Waals surface area contributed by atoms with E-state index in [1.54, 1.807) is 0 Å². The second-order valence-corrected chi connectivity index (χ2v) is 8.55. The quantitative estimate of drug-likeness (QED) is 0.737. The first kappa shape index (κ1) is 20.4. The van der Waals surface area contributed by atoms with Crippen LogP contribution in [0, 0.1) is 27.7 Å². The van der Waals surface area contributed by atoms with Gasteiger partial charge in [0.25, 0.3) is 11.8 Å². The highest BCUT2D eigenvalue weighted by Crippen LogP contribution is 2.37. The van der Waals surface area contributed by atoms with Gasteiger partial charge in [0.05, 0.1) is 11.3 Å². The Kier molecular flexibility index (Phi) is 5.24. The Labute approximate surface area is 178 Å². The van der Waals surface area contributed by atoms with E-state index in [1.165, 1.54) is 10.5 Å². The molecule has 156 valence electrons. The van der Waals surface area contributed by atoms with E-state index in [9.17, 15) is 9.59 Å². The van der Waals surface area contributed by atoms with E-state index < -0.39 is 0 Å². The third kappa shape index (κ3) is 3.43. The van der Waals surface area contributed by atoms with Crippen molar-refractivity contribution >= 4 is 23.1 Å². The van der Waals surface area contributed by atoms with Crippen molar-refractivity contribution in [1.29, 1.82) is 0 Å². The Hall–Kier alpha value is -2.92. The van der Waals surface area contributed by atoms with Crippen LogP contribution in [0.25, 0.3) is 5.57 Å². The minimum Gasteiger partial charge on any atom is -0.364 e. The predicted octanol–water partition coefficient (Wildman–Crippen LogP) is 3.45. The summed E-state index contributed by atoms with van der Waals surface area (Å²) < 4.78 is 0. The fourth-order valence-corrected chi connectivity index (χ4v) is 4.27. The summed E-state index contributed by atoms with van der Waals surface area (Å²) in [6.45, 7) is 11.3. The highest BCUT2D eigenvalue weighted by atomic mass is 16.2. The number of carbonyl (C=O) groups is 2. The first-order valence-electron chi connectivity index (χ1n) is 10.5. The number of rotatable bonds is 3. The molecular weight excluding hydrogens is 374 g/mol. The molecule has 2 aromatic rings. The fraction of sp³-hybridized carbons (Fsp3) is 0.360. The van der Waals surface area contributed by atoms with E-state index in [-0.39, 0.29) is 11.8 Å². The molecule has 0 saturated carbocycles. The van der Waals surface area contributed by atoms with Crippen LogP contribution in [0.4, 0.5) is 5.69 Å². The van der Waals surface area contributed by atoms with E-state index in [1.807, 2.05) is 57.2 Å². The Morgan fingerprint density at radius 3 is 2.07 bits per heavy atom. The molecule has 5 nitrogen and oxygen atoms in total. The van der Waals surface area contributed by atoms with Crippen molar-refractivity contribution in [3.63, 3.8) is 0 Å². The molecule has 2 heterocycles. The molecule has 4 rings (SSSR count). The number of benzene rings is 2. The molecule has 30 heavy (non-hydrogen) atoms. The van der Waals surface area contributed by atoms with Gasteiger partial charge in [-0.1, -0.05) is 35.9 Å². The van der Waals surface area contributed by atoms with Crippen molar-refractivity contribution in [2.45, 2.75) is 27.7 Å². The van der Waals surface area contributed by atoms with E-state index in [0.717, 1.165) is 48.4 Å². The van der Waals surface area contributed by atoms with E-state index in [4.69, 9.17) is 0 Å². The summed E-state index contributed by atoms with van der Waals surface area (Å²) in [5.41, 5.74) is 6.86. The molecule has 0 aliphatic carbocycles. The van der Waals surface area contributed by atoms with Gasteiger partial charge in [-0.2, -0.15) is 0 Å². The highest BCUT2D eigenvalue weighted by molar-refractivity contribution is 6.45. The third-order valence-electron chi connectivity index (χ3n) is 6.27. The topological polar surface area (TPSA) is 43.9 Å². The molecule has 0 spiro atoms. The molecule has 2 aliphatic heterocycles. The van der Waals surface area contributed by atoms with Gasteiger partial charge in [-0.3, -0.25) is 9.59 Å². The number of likely N-dealkylation sites (N-methyl/N-ethyl adjacent to an activating group) is 1. The number of amides is 2. The Balaban J connectivity index is 1.85. The second kappa shape index (κ2) is 7.73. The van der Waals surface area contributed by atoms with Crippen LogP contribution < -0.4 is 4.90 Å². The predicted molar refractivity (Wildman–Crippen MR) is 120 cm³/mol. The minimum atomic E-state index is -0.232. The lowest BCUT2D eigenvalue weighted by molar-refractivity contribution is -0.120. The van der Waals surface area contributed by atoms with Gasteiger partial charge < -0.3 is 9.80 Å². The molecular formula is C25H29N3O2. The summed E-state index contributed by atoms with van der Waals surface area (Å²) in [4.78, 5) is 33.0. The van der Waals surface area contributed by atoms with Crippen molar-refractivity contribution in [3.05, 3.63) is 69.9 Å². The van der Waals surface area contributed by atoms with Crippen LogP contribution in [0.15, 0.2) is 42.1 Å². The number of aryl methyl sites for hydroxylation is 4. The number of nitrogens with zero attached hydrogens (tertiary/aromatic N) is 3. The van der Waals surface area contributed by atoms with Gasteiger partial charge in [0.1, 0.15) is 5.70 Å². The zero-order valence-electron chi connectivity index (χ0n) is 18.5. The van der Waals surface area contributed by atoms with Crippen molar-refractivity contribution < 1.29 is 9.59 Å². The molecule has 0 N–H and O–H groups in total. The number of carbonyl (C=O) groups excluding carboxylic acids is 2. The lowest BCUT2D eigenvalue weighted by atomic mass is 9.99. The molecule has 5 heteroatoms.